The predicted molar refractivity (Wildman–Crippen MR) is 88.2 cm³/mol. The Labute approximate surface area is 126 Å². The minimum absolute atomic E-state index is 0.119. The molecule has 120 valence electrons. The highest BCUT2D eigenvalue weighted by Crippen LogP contribution is 2.42. The zero-order valence-electron chi connectivity index (χ0n) is 14.2. The topological polar surface area (TPSA) is 27.7 Å². The molecule has 1 rings (SSSR count). The van der Waals surface area contributed by atoms with Gasteiger partial charge in [0.2, 0.25) is 0 Å². The molecule has 1 heterocycles. The lowest BCUT2D eigenvalue weighted by molar-refractivity contribution is -0.0426. The Kier molecular flexibility index (Phi) is 10.5. The van der Waals surface area contributed by atoms with Gasteiger partial charge in [0.25, 0.3) is 0 Å². The van der Waals surface area contributed by atoms with E-state index in [0.717, 1.165) is 38.7 Å². The van der Waals surface area contributed by atoms with E-state index in [-0.39, 0.29) is 5.22 Å². The molecular weight excluding hydrogens is 268 g/mol. The van der Waals surface area contributed by atoms with E-state index in [1.807, 2.05) is 6.92 Å². The molecular formula is C16H34O3Si. The Hall–Kier alpha value is -0.163. The molecule has 1 fully saturated rings. The molecule has 1 aliphatic rings. The van der Waals surface area contributed by atoms with Crippen molar-refractivity contribution >= 4 is 8.56 Å². The van der Waals surface area contributed by atoms with Crippen LogP contribution in [0.15, 0.2) is 12.7 Å². The maximum absolute atomic E-state index is 6.16. The largest absolute Gasteiger partial charge is 0.393 e. The second kappa shape index (κ2) is 10.5. The van der Waals surface area contributed by atoms with E-state index in [1.54, 1.807) is 6.08 Å². The highest BCUT2D eigenvalue weighted by molar-refractivity contribution is 6.70. The zero-order valence-corrected chi connectivity index (χ0v) is 15.2. The SMILES string of the molecule is C=CC.CCOC1(CC)CCCC[Si]1(OCC)OCC. The van der Waals surface area contributed by atoms with Gasteiger partial charge in [0.1, 0.15) is 5.22 Å². The smallest absolute Gasteiger partial charge is 0.371 e. The van der Waals surface area contributed by atoms with E-state index in [9.17, 15) is 0 Å². The third-order valence-electron chi connectivity index (χ3n) is 3.78. The maximum Gasteiger partial charge on any atom is 0.371 e. The molecule has 0 aliphatic carbocycles. The first-order valence-corrected chi connectivity index (χ1v) is 10.1. The van der Waals surface area contributed by atoms with Gasteiger partial charge in [-0.1, -0.05) is 25.8 Å². The fourth-order valence-electron chi connectivity index (χ4n) is 3.11. The van der Waals surface area contributed by atoms with Gasteiger partial charge in [-0.2, -0.15) is 0 Å². The molecule has 4 heteroatoms. The van der Waals surface area contributed by atoms with Gasteiger partial charge in [-0.3, -0.25) is 0 Å². The zero-order chi connectivity index (χ0) is 15.5. The first-order chi connectivity index (χ1) is 9.61. The Balaban J connectivity index is 0.00000110. The number of rotatable bonds is 7. The molecule has 1 unspecified atom stereocenters. The van der Waals surface area contributed by atoms with Crippen molar-refractivity contribution in [3.05, 3.63) is 12.7 Å². The Morgan fingerprint density at radius 3 is 2.00 bits per heavy atom. The highest BCUT2D eigenvalue weighted by Gasteiger charge is 2.58. The van der Waals surface area contributed by atoms with Gasteiger partial charge >= 0.3 is 8.56 Å². The highest BCUT2D eigenvalue weighted by atomic mass is 28.4. The summed E-state index contributed by atoms with van der Waals surface area (Å²) < 4.78 is 18.5. The van der Waals surface area contributed by atoms with Crippen molar-refractivity contribution in [2.45, 2.75) is 71.6 Å². The lowest BCUT2D eigenvalue weighted by Crippen LogP contribution is -2.65. The molecule has 0 spiro atoms. The van der Waals surface area contributed by atoms with Gasteiger partial charge in [-0.05, 0) is 46.6 Å². The first-order valence-electron chi connectivity index (χ1n) is 8.10. The Morgan fingerprint density at radius 2 is 1.60 bits per heavy atom. The molecule has 0 aromatic rings. The summed E-state index contributed by atoms with van der Waals surface area (Å²) in [6, 6.07) is 1.09. The number of allylic oxidation sites excluding steroid dienone is 1. The fourth-order valence-corrected chi connectivity index (χ4v) is 7.57. The van der Waals surface area contributed by atoms with E-state index in [2.05, 4.69) is 34.3 Å². The van der Waals surface area contributed by atoms with Crippen molar-refractivity contribution in [1.82, 2.24) is 0 Å². The standard InChI is InChI=1S/C13H28O3Si.C3H6/c1-5-13(14-6-2)11-9-10-12-17(13,15-7-3)16-8-4;1-3-2/h5-12H2,1-4H3;3H,1H2,2H3. The summed E-state index contributed by atoms with van der Waals surface area (Å²) in [6.07, 6.45) is 6.32. The molecule has 3 nitrogen and oxygen atoms in total. The summed E-state index contributed by atoms with van der Waals surface area (Å²) in [6.45, 7) is 15.9. The molecule has 20 heavy (non-hydrogen) atoms. The minimum Gasteiger partial charge on any atom is -0.393 e. The second-order valence-corrected chi connectivity index (χ2v) is 8.51. The van der Waals surface area contributed by atoms with E-state index in [4.69, 9.17) is 13.6 Å². The fraction of sp³-hybridized carbons (Fsp3) is 0.875. The van der Waals surface area contributed by atoms with E-state index < -0.39 is 8.56 Å². The summed E-state index contributed by atoms with van der Waals surface area (Å²) in [5.41, 5.74) is 0. The van der Waals surface area contributed by atoms with Crippen molar-refractivity contribution in [3.8, 4) is 0 Å². The number of hydrogen-bond donors (Lipinski definition) is 0. The van der Waals surface area contributed by atoms with Crippen molar-refractivity contribution < 1.29 is 13.6 Å². The van der Waals surface area contributed by atoms with E-state index >= 15 is 0 Å². The monoisotopic (exact) mass is 302 g/mol. The maximum atomic E-state index is 6.16. The molecule has 0 aromatic carbocycles. The molecule has 0 bridgehead atoms. The quantitative estimate of drug-likeness (QED) is 0.508. The summed E-state index contributed by atoms with van der Waals surface area (Å²) in [4.78, 5) is 0. The van der Waals surface area contributed by atoms with Crippen LogP contribution < -0.4 is 0 Å². The van der Waals surface area contributed by atoms with Gasteiger partial charge in [-0.15, -0.1) is 6.58 Å². The summed E-state index contributed by atoms with van der Waals surface area (Å²) in [5.74, 6) is 0. The lowest BCUT2D eigenvalue weighted by atomic mass is 10.1. The lowest BCUT2D eigenvalue weighted by Gasteiger charge is -2.49. The molecule has 1 atom stereocenters. The van der Waals surface area contributed by atoms with Crippen LogP contribution in [0.3, 0.4) is 0 Å². The predicted octanol–water partition coefficient (Wildman–Crippen LogP) is 4.60. The number of ether oxygens (including phenoxy) is 1. The average molecular weight is 303 g/mol. The van der Waals surface area contributed by atoms with Crippen LogP contribution in [-0.2, 0) is 13.6 Å². The molecule has 0 saturated carbocycles. The van der Waals surface area contributed by atoms with Gasteiger partial charge in [0.05, 0.1) is 0 Å². The van der Waals surface area contributed by atoms with Crippen molar-refractivity contribution in [2.75, 3.05) is 19.8 Å². The van der Waals surface area contributed by atoms with Crippen molar-refractivity contribution in [3.63, 3.8) is 0 Å². The summed E-state index contributed by atoms with van der Waals surface area (Å²) in [5, 5.41) is -0.119. The van der Waals surface area contributed by atoms with Gasteiger partial charge < -0.3 is 13.6 Å². The average Bonchev–Trinajstić information content (AvgIpc) is 2.43. The summed E-state index contributed by atoms with van der Waals surface area (Å²) >= 11 is 0. The Bertz CT molecular complexity index is 243. The van der Waals surface area contributed by atoms with Crippen LogP contribution >= 0.6 is 0 Å². The normalized spacial score (nSPS) is 24.6. The van der Waals surface area contributed by atoms with Crippen LogP contribution in [0, 0.1) is 0 Å². The third-order valence-corrected chi connectivity index (χ3v) is 8.44. The third kappa shape index (κ3) is 4.69. The number of hydrogen-bond acceptors (Lipinski definition) is 3. The molecule has 1 aliphatic heterocycles. The second-order valence-electron chi connectivity index (χ2n) is 5.02. The molecule has 0 amide bonds. The Morgan fingerprint density at radius 1 is 1.05 bits per heavy atom. The molecule has 0 N–H and O–H groups in total. The molecule has 0 aromatic heterocycles. The van der Waals surface area contributed by atoms with Gasteiger partial charge in [0, 0.05) is 19.8 Å². The van der Waals surface area contributed by atoms with Crippen LogP contribution in [0.5, 0.6) is 0 Å². The van der Waals surface area contributed by atoms with Crippen LogP contribution in [0.4, 0.5) is 0 Å². The van der Waals surface area contributed by atoms with E-state index in [1.165, 1.54) is 12.8 Å². The summed E-state index contributed by atoms with van der Waals surface area (Å²) in [7, 11) is -2.21. The van der Waals surface area contributed by atoms with Gasteiger partial charge in [-0.25, -0.2) is 0 Å². The van der Waals surface area contributed by atoms with Gasteiger partial charge in [0.15, 0.2) is 0 Å². The van der Waals surface area contributed by atoms with Crippen molar-refractivity contribution in [2.24, 2.45) is 0 Å². The van der Waals surface area contributed by atoms with Crippen LogP contribution in [0.1, 0.15) is 60.3 Å². The van der Waals surface area contributed by atoms with Crippen LogP contribution in [0.2, 0.25) is 6.04 Å². The molecule has 1 saturated heterocycles. The van der Waals surface area contributed by atoms with E-state index in [0.29, 0.717) is 0 Å². The first kappa shape index (κ1) is 19.8. The van der Waals surface area contributed by atoms with Crippen LogP contribution in [-0.4, -0.2) is 33.6 Å². The van der Waals surface area contributed by atoms with Crippen molar-refractivity contribution in [1.29, 1.82) is 0 Å². The minimum atomic E-state index is -2.21. The van der Waals surface area contributed by atoms with Crippen LogP contribution in [0.25, 0.3) is 0 Å². The molecule has 0 radical (unpaired) electrons.